The van der Waals surface area contributed by atoms with E-state index in [9.17, 15) is 64.1 Å². The summed E-state index contributed by atoms with van der Waals surface area (Å²) < 4.78 is 123. The second kappa shape index (κ2) is 22.1. The van der Waals surface area contributed by atoms with Gasteiger partial charge in [-0.05, 0) is 69.5 Å². The molecule has 74 heavy (non-hydrogen) atoms. The van der Waals surface area contributed by atoms with Gasteiger partial charge >= 0.3 is 29.2 Å². The number of aromatic nitrogens is 2. The molecule has 3 aliphatic heterocycles. The second-order valence-electron chi connectivity index (χ2n) is 18.2. The Labute approximate surface area is 425 Å². The summed E-state index contributed by atoms with van der Waals surface area (Å²) in [6, 6.07) is 8.98. The number of aliphatic hydroxyl groups is 1. The Bertz CT molecular complexity index is 3330. The van der Waals surface area contributed by atoms with Crippen LogP contribution < -0.4 is 21.6 Å². The molecule has 5 atom stereocenters. The fraction of sp³-hybridized carbons (Fsp3) is 0.442. The van der Waals surface area contributed by atoms with E-state index in [0.717, 1.165) is 27.1 Å². The molecular weight excluding hydrogens is 1080 g/mol. The van der Waals surface area contributed by atoms with Crippen LogP contribution in [0, 0.1) is 11.8 Å². The van der Waals surface area contributed by atoms with Gasteiger partial charge in [-0.15, -0.1) is 0 Å². The Hall–Kier alpha value is -4.75. The first-order chi connectivity index (χ1) is 34.1. The van der Waals surface area contributed by atoms with E-state index < -0.39 is 85.3 Å². The number of rotatable bonds is 20. The monoisotopic (exact) mass is 1130 g/mol. The third-order valence-electron chi connectivity index (χ3n) is 12.3. The first-order valence-electron chi connectivity index (χ1n) is 22.5. The minimum atomic E-state index is -5.80. The zero-order valence-electron chi connectivity index (χ0n) is 40.3. The number of anilines is 2. The standard InChI is InChI=1S/C43H55N6O20P3S2/c1-6-47-32-22-28(73(60,61)62)16-18-30(32)42(2,3)36(47)13-10-14-37-43(4,5)31-19-17-29(74(63,64)65)23-33(31)48(37)21-9-7-8-15-38(51)45-20-11-12-27-25-49(41(52)46-40(27)44)39-24-34(50)35(67-39)26-66-71(56,57)69-72(58,59)68-70(53,54)55/h10,13-14,16-19,22-23,25,34-35,39,50H,6-9,15,20-21,24,26H2,1-5H3,(H8-,44,45,46,51,52,53,54,55,56,57,58,59,60,61,62,63,64,65)/p+1. The van der Waals surface area contributed by atoms with E-state index >= 15 is 0 Å². The Morgan fingerprint density at radius 2 is 1.61 bits per heavy atom. The highest BCUT2D eigenvalue weighted by Gasteiger charge is 2.46. The van der Waals surface area contributed by atoms with Crippen molar-refractivity contribution in [2.24, 2.45) is 0 Å². The molecule has 31 heteroatoms. The van der Waals surface area contributed by atoms with Crippen molar-refractivity contribution >= 4 is 72.5 Å². The van der Waals surface area contributed by atoms with Crippen LogP contribution >= 0.6 is 23.5 Å². The highest BCUT2D eigenvalue weighted by Crippen LogP contribution is 2.66. The van der Waals surface area contributed by atoms with Crippen LogP contribution in [-0.4, -0.2) is 115 Å². The van der Waals surface area contributed by atoms with Crippen molar-refractivity contribution in [2.75, 3.05) is 36.9 Å². The van der Waals surface area contributed by atoms with Gasteiger partial charge in [0.05, 0.1) is 35.1 Å². The number of amides is 1. The van der Waals surface area contributed by atoms with Gasteiger partial charge in [0.2, 0.25) is 11.6 Å². The van der Waals surface area contributed by atoms with Crippen LogP contribution in [0.2, 0.25) is 0 Å². The van der Waals surface area contributed by atoms with E-state index in [2.05, 4.69) is 35.3 Å². The fourth-order valence-electron chi connectivity index (χ4n) is 8.86. The lowest BCUT2D eigenvalue weighted by Crippen LogP contribution is -2.29. The van der Waals surface area contributed by atoms with Gasteiger partial charge < -0.3 is 45.4 Å². The molecule has 5 unspecified atom stereocenters. The number of nitrogens with zero attached hydrogens (tertiary/aromatic N) is 4. The highest BCUT2D eigenvalue weighted by molar-refractivity contribution is 7.86. The highest BCUT2D eigenvalue weighted by atomic mass is 32.2. The number of carbonyl (C=O) groups is 1. The molecule has 10 N–H and O–H groups in total. The van der Waals surface area contributed by atoms with Gasteiger partial charge in [0, 0.05) is 66.5 Å². The minimum absolute atomic E-state index is 0.0273. The predicted molar refractivity (Wildman–Crippen MR) is 264 cm³/mol. The van der Waals surface area contributed by atoms with Crippen LogP contribution in [-0.2, 0) is 67.4 Å². The maximum Gasteiger partial charge on any atom is 0.490 e. The number of unbranched alkanes of at least 4 members (excludes halogenated alkanes) is 2. The van der Waals surface area contributed by atoms with Gasteiger partial charge in [0.25, 0.3) is 20.2 Å². The summed E-state index contributed by atoms with van der Waals surface area (Å²) >= 11 is 0. The molecule has 3 aromatic rings. The zero-order chi connectivity index (χ0) is 55.0. The number of phosphoric acid groups is 3. The van der Waals surface area contributed by atoms with E-state index in [0.29, 0.717) is 43.7 Å². The summed E-state index contributed by atoms with van der Waals surface area (Å²) in [5.41, 5.74) is 8.48. The summed E-state index contributed by atoms with van der Waals surface area (Å²) in [7, 11) is -26.0. The van der Waals surface area contributed by atoms with E-state index in [4.69, 9.17) is 20.3 Å². The van der Waals surface area contributed by atoms with Gasteiger partial charge in [-0.3, -0.25) is 23.0 Å². The number of allylic oxidation sites excluding steroid dienone is 4. The van der Waals surface area contributed by atoms with Gasteiger partial charge in [-0.25, -0.2) is 18.5 Å². The fourth-order valence-corrected chi connectivity index (χ4v) is 12.9. The summed E-state index contributed by atoms with van der Waals surface area (Å²) in [4.78, 5) is 67.2. The number of nitrogens with two attached hydrogens (primary N) is 1. The number of benzene rings is 2. The van der Waals surface area contributed by atoms with Gasteiger partial charge in [-0.2, -0.15) is 35.0 Å². The maximum absolute atomic E-state index is 12.8. The third-order valence-corrected chi connectivity index (χ3v) is 17.8. The normalized spacial score (nSPS) is 21.5. The lowest BCUT2D eigenvalue weighted by Gasteiger charge is -2.25. The third kappa shape index (κ3) is 13.8. The molecule has 1 fully saturated rings. The largest absolute Gasteiger partial charge is 0.490 e. The summed E-state index contributed by atoms with van der Waals surface area (Å²) in [6.07, 6.45) is 4.21. The van der Waals surface area contributed by atoms with E-state index in [1.165, 1.54) is 30.5 Å². The summed E-state index contributed by atoms with van der Waals surface area (Å²) in [6.45, 7) is 9.75. The first-order valence-corrected chi connectivity index (χ1v) is 29.9. The molecular formula is C43H56N6O20P3S2+. The molecule has 0 aliphatic carbocycles. The second-order valence-corrected chi connectivity index (χ2v) is 25.5. The first kappa shape index (κ1) is 58.5. The maximum atomic E-state index is 12.8. The van der Waals surface area contributed by atoms with Crippen molar-refractivity contribution < 1.29 is 91.6 Å². The molecule has 0 radical (unpaired) electrons. The molecule has 3 aliphatic rings. The predicted octanol–water partition coefficient (Wildman–Crippen LogP) is 3.67. The van der Waals surface area contributed by atoms with Crippen LogP contribution in [0.3, 0.4) is 0 Å². The van der Waals surface area contributed by atoms with Crippen molar-refractivity contribution in [1.82, 2.24) is 14.9 Å². The quantitative estimate of drug-likeness (QED) is 0.0256. The van der Waals surface area contributed by atoms with Crippen molar-refractivity contribution in [3.8, 4) is 11.8 Å². The number of hydrogen-bond acceptors (Lipinski definition) is 17. The molecule has 0 bridgehead atoms. The molecule has 404 valence electrons. The topological polar surface area (TPSA) is 394 Å². The number of hydrogen-bond donors (Lipinski definition) is 9. The number of phosphoric ester groups is 1. The van der Waals surface area contributed by atoms with Crippen LogP contribution in [0.25, 0.3) is 0 Å². The number of fused-ring (bicyclic) bond motifs is 2. The Morgan fingerprint density at radius 1 is 0.959 bits per heavy atom. The van der Waals surface area contributed by atoms with Crippen LogP contribution in [0.1, 0.15) is 89.6 Å². The number of carbonyl (C=O) groups excluding carboxylic acids is 1. The number of likely N-dealkylation sites (N-methyl/N-ethyl adjacent to an activating group) is 1. The molecule has 6 rings (SSSR count). The van der Waals surface area contributed by atoms with Crippen LogP contribution in [0.4, 0.5) is 17.2 Å². The molecule has 0 saturated carbocycles. The Morgan fingerprint density at radius 3 is 2.24 bits per heavy atom. The average molecular weight is 1130 g/mol. The number of aliphatic hydroxyl groups excluding tert-OH is 1. The van der Waals surface area contributed by atoms with Crippen molar-refractivity contribution in [1.29, 1.82) is 0 Å². The lowest BCUT2D eigenvalue weighted by molar-refractivity contribution is -0.438. The van der Waals surface area contributed by atoms with E-state index in [1.807, 2.05) is 62.3 Å². The van der Waals surface area contributed by atoms with Crippen LogP contribution in [0.15, 0.2) is 81.1 Å². The average Bonchev–Trinajstić information content (AvgIpc) is 3.82. The van der Waals surface area contributed by atoms with Gasteiger partial charge in [-0.1, -0.05) is 37.8 Å². The molecule has 2 aromatic carbocycles. The smallest absolute Gasteiger partial charge is 0.390 e. The van der Waals surface area contributed by atoms with Crippen molar-refractivity contribution in [2.45, 2.75) is 106 Å². The SMILES string of the molecule is CCN1C(=CC=CC2=[N+](CCCCCC(=O)NCC#Cc3cn(C4CC(O)C(COP(=O)(O)OP(=O)(O)OP(=O)(O)O)O4)c(=O)nc3N)c3cc(S(=O)(=O)O)ccc3C2(C)C)C(C)(C)c2ccc(S(=O)(=O)O)cc21. The zero-order valence-corrected chi connectivity index (χ0v) is 44.6. The van der Waals surface area contributed by atoms with E-state index in [-0.39, 0.29) is 46.5 Å². The van der Waals surface area contributed by atoms with E-state index in [1.54, 1.807) is 12.1 Å². The van der Waals surface area contributed by atoms with Crippen LogP contribution in [0.5, 0.6) is 0 Å². The number of nitrogens with one attached hydrogen (secondary N) is 1. The molecule has 1 saturated heterocycles. The van der Waals surface area contributed by atoms with Gasteiger partial charge in [0.1, 0.15) is 29.6 Å². The van der Waals surface area contributed by atoms with Crippen molar-refractivity contribution in [3.05, 3.63) is 93.7 Å². The number of nitrogen functional groups attached to an aromatic ring is 1. The molecule has 4 heterocycles. The molecule has 1 aromatic heterocycles. The molecule has 26 nitrogen and oxygen atoms in total. The Kier molecular flexibility index (Phi) is 17.5. The molecule has 1 amide bonds. The van der Waals surface area contributed by atoms with Crippen molar-refractivity contribution in [3.63, 3.8) is 0 Å². The molecule has 0 spiro atoms. The number of ether oxygens (including phenoxy) is 1. The summed E-state index contributed by atoms with van der Waals surface area (Å²) in [5, 5.41) is 13.2. The summed E-state index contributed by atoms with van der Waals surface area (Å²) in [5.74, 6) is 4.81. The lowest BCUT2D eigenvalue weighted by atomic mass is 9.81. The Balaban J connectivity index is 1.07. The van der Waals surface area contributed by atoms with Gasteiger partial charge in [0.15, 0.2) is 5.71 Å². The minimum Gasteiger partial charge on any atom is -0.390 e.